The third kappa shape index (κ3) is 4.22. The van der Waals surface area contributed by atoms with E-state index < -0.39 is 0 Å². The molecule has 0 spiro atoms. The van der Waals surface area contributed by atoms with E-state index in [1.807, 2.05) is 30.2 Å². The predicted molar refractivity (Wildman–Crippen MR) is 112 cm³/mol. The van der Waals surface area contributed by atoms with Crippen LogP contribution >= 0.6 is 23.4 Å². The maximum atomic E-state index is 6.51. The molecule has 0 unspecified atom stereocenters. The number of piperidine rings is 1. The minimum Gasteiger partial charge on any atom is -0.299 e. The number of pyridine rings is 1. The van der Waals surface area contributed by atoms with E-state index in [1.165, 1.54) is 34.3 Å². The van der Waals surface area contributed by atoms with Crippen LogP contribution < -0.4 is 0 Å². The summed E-state index contributed by atoms with van der Waals surface area (Å²) in [4.78, 5) is 7.94. The quantitative estimate of drug-likeness (QED) is 0.554. The molecule has 134 valence electrons. The fourth-order valence-electron chi connectivity index (χ4n) is 3.49. The van der Waals surface area contributed by atoms with Crippen LogP contribution in [0.5, 0.6) is 0 Å². The largest absolute Gasteiger partial charge is 0.299 e. The van der Waals surface area contributed by atoms with Gasteiger partial charge in [0.1, 0.15) is 0 Å². The Morgan fingerprint density at radius 3 is 2.62 bits per heavy atom. The Hall–Kier alpha value is -1.55. The van der Waals surface area contributed by atoms with Gasteiger partial charge in [0.2, 0.25) is 0 Å². The molecule has 4 heteroatoms. The third-order valence-electron chi connectivity index (χ3n) is 5.05. The Labute approximate surface area is 164 Å². The number of fused-ring (bicyclic) bond motifs is 1. The van der Waals surface area contributed by atoms with Crippen molar-refractivity contribution in [2.24, 2.45) is 0 Å². The van der Waals surface area contributed by atoms with Gasteiger partial charge in [-0.15, -0.1) is 11.8 Å². The number of nitrogens with zero attached hydrogens (tertiary/aromatic N) is 2. The summed E-state index contributed by atoms with van der Waals surface area (Å²) >= 11 is 8.45. The summed E-state index contributed by atoms with van der Waals surface area (Å²) in [5.41, 5.74) is 2.74. The molecule has 1 aliphatic rings. The molecule has 26 heavy (non-hydrogen) atoms. The van der Waals surface area contributed by atoms with Crippen LogP contribution in [0.25, 0.3) is 10.8 Å². The standard InChI is InChI=1S/C22H23ClN2S/c1-16-2-4-17(5-3-16)15-25-10-7-20(8-11-25)26-22-13-18-6-9-24-14-19(18)12-21(22)23/h2-6,9,12-14,20H,7-8,10-11,15H2,1H3. The molecular weight excluding hydrogens is 360 g/mol. The highest BCUT2D eigenvalue weighted by Crippen LogP contribution is 2.37. The van der Waals surface area contributed by atoms with Crippen LogP contribution in [-0.2, 0) is 6.54 Å². The molecule has 2 aromatic carbocycles. The Kier molecular flexibility index (Phi) is 5.49. The number of hydrogen-bond donors (Lipinski definition) is 0. The average molecular weight is 383 g/mol. The van der Waals surface area contributed by atoms with Gasteiger partial charge < -0.3 is 0 Å². The lowest BCUT2D eigenvalue weighted by Crippen LogP contribution is -2.34. The molecular formula is C22H23ClN2S. The first-order chi connectivity index (χ1) is 12.7. The first kappa shape index (κ1) is 17.8. The Balaban J connectivity index is 1.36. The third-order valence-corrected chi connectivity index (χ3v) is 6.87. The van der Waals surface area contributed by atoms with Crippen molar-refractivity contribution in [3.8, 4) is 0 Å². The van der Waals surface area contributed by atoms with E-state index >= 15 is 0 Å². The lowest BCUT2D eigenvalue weighted by atomic mass is 10.1. The van der Waals surface area contributed by atoms with Crippen LogP contribution in [0.3, 0.4) is 0 Å². The van der Waals surface area contributed by atoms with E-state index in [0.29, 0.717) is 5.25 Å². The van der Waals surface area contributed by atoms with Gasteiger partial charge in [0.25, 0.3) is 0 Å². The zero-order valence-electron chi connectivity index (χ0n) is 15.0. The minimum atomic E-state index is 0.640. The molecule has 0 bridgehead atoms. The van der Waals surface area contributed by atoms with Gasteiger partial charge in [-0.3, -0.25) is 9.88 Å². The number of aromatic nitrogens is 1. The summed E-state index contributed by atoms with van der Waals surface area (Å²) in [5.74, 6) is 0. The average Bonchev–Trinajstić information content (AvgIpc) is 2.66. The molecule has 0 N–H and O–H groups in total. The van der Waals surface area contributed by atoms with E-state index in [1.54, 1.807) is 0 Å². The predicted octanol–water partition coefficient (Wildman–Crippen LogP) is 5.95. The summed E-state index contributed by atoms with van der Waals surface area (Å²) in [7, 11) is 0. The van der Waals surface area contributed by atoms with E-state index in [9.17, 15) is 0 Å². The highest BCUT2D eigenvalue weighted by atomic mass is 35.5. The molecule has 0 saturated carbocycles. The van der Waals surface area contributed by atoms with Gasteiger partial charge >= 0.3 is 0 Å². The van der Waals surface area contributed by atoms with Gasteiger partial charge in [0, 0.05) is 34.5 Å². The second-order valence-electron chi connectivity index (χ2n) is 7.08. The van der Waals surface area contributed by atoms with Gasteiger partial charge in [0.05, 0.1) is 5.02 Å². The zero-order chi connectivity index (χ0) is 17.9. The van der Waals surface area contributed by atoms with Crippen molar-refractivity contribution < 1.29 is 0 Å². The van der Waals surface area contributed by atoms with Gasteiger partial charge in [-0.2, -0.15) is 0 Å². The summed E-state index contributed by atoms with van der Waals surface area (Å²) in [6, 6.07) is 15.2. The van der Waals surface area contributed by atoms with Crippen LogP contribution in [0.2, 0.25) is 5.02 Å². The van der Waals surface area contributed by atoms with Crippen LogP contribution in [0.15, 0.2) is 59.8 Å². The normalized spacial score (nSPS) is 16.2. The second-order valence-corrected chi connectivity index (χ2v) is 8.83. The number of hydrogen-bond acceptors (Lipinski definition) is 3. The Morgan fingerprint density at radius 1 is 1.08 bits per heavy atom. The van der Waals surface area contributed by atoms with Crippen molar-refractivity contribution in [1.82, 2.24) is 9.88 Å². The molecule has 2 nitrogen and oxygen atoms in total. The molecule has 1 fully saturated rings. The number of aryl methyl sites for hydroxylation is 1. The van der Waals surface area contributed by atoms with E-state index in [4.69, 9.17) is 11.6 Å². The summed E-state index contributed by atoms with van der Waals surface area (Å²) in [6.07, 6.45) is 6.13. The van der Waals surface area contributed by atoms with Gasteiger partial charge in [0.15, 0.2) is 0 Å². The van der Waals surface area contributed by atoms with E-state index in [-0.39, 0.29) is 0 Å². The molecule has 0 aliphatic carbocycles. The highest BCUT2D eigenvalue weighted by Gasteiger charge is 2.21. The van der Waals surface area contributed by atoms with Gasteiger partial charge in [-0.1, -0.05) is 41.4 Å². The monoisotopic (exact) mass is 382 g/mol. The lowest BCUT2D eigenvalue weighted by Gasteiger charge is -2.31. The van der Waals surface area contributed by atoms with Crippen molar-refractivity contribution in [1.29, 1.82) is 0 Å². The van der Waals surface area contributed by atoms with Crippen molar-refractivity contribution >= 4 is 34.1 Å². The highest BCUT2D eigenvalue weighted by molar-refractivity contribution is 8.00. The van der Waals surface area contributed by atoms with E-state index in [2.05, 4.69) is 53.2 Å². The molecule has 3 aromatic rings. The van der Waals surface area contributed by atoms with Crippen LogP contribution in [-0.4, -0.2) is 28.2 Å². The first-order valence-electron chi connectivity index (χ1n) is 9.15. The molecule has 2 heterocycles. The minimum absolute atomic E-state index is 0.640. The Bertz CT molecular complexity index is 886. The SMILES string of the molecule is Cc1ccc(CN2CCC(Sc3cc4ccncc4cc3Cl)CC2)cc1. The summed E-state index contributed by atoms with van der Waals surface area (Å²) in [5, 5.41) is 3.80. The summed E-state index contributed by atoms with van der Waals surface area (Å²) in [6.45, 7) is 5.50. The van der Waals surface area contributed by atoms with Crippen LogP contribution in [0.4, 0.5) is 0 Å². The molecule has 0 radical (unpaired) electrons. The zero-order valence-corrected chi connectivity index (χ0v) is 16.6. The molecule has 0 amide bonds. The van der Waals surface area contributed by atoms with Gasteiger partial charge in [-0.05, 0) is 62.0 Å². The number of benzene rings is 2. The number of thioether (sulfide) groups is 1. The molecule has 0 atom stereocenters. The smallest absolute Gasteiger partial charge is 0.0548 e. The lowest BCUT2D eigenvalue weighted by molar-refractivity contribution is 0.225. The van der Waals surface area contributed by atoms with E-state index in [0.717, 1.165) is 30.0 Å². The summed E-state index contributed by atoms with van der Waals surface area (Å²) < 4.78 is 0. The second kappa shape index (κ2) is 7.99. The first-order valence-corrected chi connectivity index (χ1v) is 10.4. The fraction of sp³-hybridized carbons (Fsp3) is 0.318. The van der Waals surface area contributed by atoms with Gasteiger partial charge in [-0.25, -0.2) is 0 Å². The number of halogens is 1. The van der Waals surface area contributed by atoms with Crippen LogP contribution in [0.1, 0.15) is 24.0 Å². The van der Waals surface area contributed by atoms with Crippen molar-refractivity contribution in [3.05, 3.63) is 71.0 Å². The molecule has 1 aliphatic heterocycles. The van der Waals surface area contributed by atoms with Crippen LogP contribution in [0, 0.1) is 6.92 Å². The topological polar surface area (TPSA) is 16.1 Å². The fourth-order valence-corrected chi connectivity index (χ4v) is 4.97. The number of rotatable bonds is 4. The Morgan fingerprint density at radius 2 is 1.85 bits per heavy atom. The molecule has 1 aromatic heterocycles. The number of likely N-dealkylation sites (tertiary alicyclic amines) is 1. The molecule has 4 rings (SSSR count). The van der Waals surface area contributed by atoms with Crippen molar-refractivity contribution in [2.45, 2.75) is 36.5 Å². The van der Waals surface area contributed by atoms with Crippen molar-refractivity contribution in [2.75, 3.05) is 13.1 Å². The molecule has 1 saturated heterocycles. The maximum absolute atomic E-state index is 6.51. The maximum Gasteiger partial charge on any atom is 0.0548 e. The van der Waals surface area contributed by atoms with Crippen molar-refractivity contribution in [3.63, 3.8) is 0 Å².